The molecule has 2 aromatic carbocycles. The maximum Gasteiger partial charge on any atom is 0.248 e. The fourth-order valence-electron chi connectivity index (χ4n) is 1.89. The zero-order valence-corrected chi connectivity index (χ0v) is 12.6. The Morgan fingerprint density at radius 1 is 1.04 bits per heavy atom. The standard InChI is InChI=1S/C18H14FN3O2/c19-14-8-5-13(6-9-14)7-10-17(23)21-15-3-1-2-4-16(15)22-18(24)11-12-20/h1-10H,11H2,(H,21,23)(H,22,24)/b10-7+. The van der Waals surface area contributed by atoms with Gasteiger partial charge in [0.15, 0.2) is 0 Å². The predicted octanol–water partition coefficient (Wildman–Crippen LogP) is 3.33. The number of hydrogen-bond donors (Lipinski definition) is 2. The first-order valence-electron chi connectivity index (χ1n) is 7.09. The Bertz CT molecular complexity index is 808. The summed E-state index contributed by atoms with van der Waals surface area (Å²) in [5.41, 5.74) is 1.50. The molecular weight excluding hydrogens is 309 g/mol. The van der Waals surface area contributed by atoms with Crippen LogP contribution in [0.1, 0.15) is 12.0 Å². The van der Waals surface area contributed by atoms with Crippen molar-refractivity contribution in [3.8, 4) is 6.07 Å². The minimum absolute atomic E-state index is 0.271. The molecule has 6 heteroatoms. The third kappa shape index (κ3) is 5.07. The maximum atomic E-state index is 12.8. The molecule has 0 aliphatic rings. The van der Waals surface area contributed by atoms with Crippen LogP contribution in [0.3, 0.4) is 0 Å². The minimum atomic E-state index is -0.457. The molecule has 2 N–H and O–H groups in total. The lowest BCUT2D eigenvalue weighted by molar-refractivity contribution is -0.115. The van der Waals surface area contributed by atoms with Crippen molar-refractivity contribution in [2.24, 2.45) is 0 Å². The number of para-hydroxylation sites is 2. The maximum absolute atomic E-state index is 12.8. The van der Waals surface area contributed by atoms with Gasteiger partial charge in [-0.3, -0.25) is 9.59 Å². The second kappa shape index (κ2) is 8.25. The molecule has 0 radical (unpaired) electrons. The summed E-state index contributed by atoms with van der Waals surface area (Å²) in [6, 6.07) is 14.1. The van der Waals surface area contributed by atoms with Crippen LogP contribution < -0.4 is 10.6 Å². The van der Waals surface area contributed by atoms with Gasteiger partial charge in [0, 0.05) is 6.08 Å². The van der Waals surface area contributed by atoms with Gasteiger partial charge in [-0.25, -0.2) is 4.39 Å². The fraction of sp³-hybridized carbons (Fsp3) is 0.0556. The van der Waals surface area contributed by atoms with Gasteiger partial charge in [0.05, 0.1) is 17.4 Å². The van der Waals surface area contributed by atoms with Crippen LogP contribution in [0.4, 0.5) is 15.8 Å². The number of hydrogen-bond acceptors (Lipinski definition) is 3. The zero-order valence-electron chi connectivity index (χ0n) is 12.6. The molecule has 2 amide bonds. The summed E-state index contributed by atoms with van der Waals surface area (Å²) in [7, 11) is 0. The van der Waals surface area contributed by atoms with Gasteiger partial charge in [-0.2, -0.15) is 5.26 Å². The Morgan fingerprint density at radius 2 is 1.67 bits per heavy atom. The van der Waals surface area contributed by atoms with E-state index >= 15 is 0 Å². The van der Waals surface area contributed by atoms with Crippen LogP contribution in [0.5, 0.6) is 0 Å². The molecule has 2 aromatic rings. The summed E-state index contributed by atoms with van der Waals surface area (Å²) in [5, 5.41) is 13.7. The van der Waals surface area contributed by atoms with Crippen LogP contribution in [0.25, 0.3) is 6.08 Å². The van der Waals surface area contributed by atoms with Crippen molar-refractivity contribution >= 4 is 29.3 Å². The average molecular weight is 323 g/mol. The van der Waals surface area contributed by atoms with E-state index in [0.29, 0.717) is 16.9 Å². The molecule has 0 aromatic heterocycles. The summed E-state index contributed by atoms with van der Waals surface area (Å²) in [6.07, 6.45) is 2.58. The highest BCUT2D eigenvalue weighted by molar-refractivity contribution is 6.05. The number of amides is 2. The van der Waals surface area contributed by atoms with Gasteiger partial charge in [-0.15, -0.1) is 0 Å². The van der Waals surface area contributed by atoms with Gasteiger partial charge in [-0.05, 0) is 35.9 Å². The number of halogens is 1. The average Bonchev–Trinajstić information content (AvgIpc) is 2.56. The minimum Gasteiger partial charge on any atom is -0.323 e. The number of nitriles is 1. The summed E-state index contributed by atoms with van der Waals surface area (Å²) < 4.78 is 12.8. The number of anilines is 2. The second-order valence-electron chi connectivity index (χ2n) is 4.80. The SMILES string of the molecule is N#CCC(=O)Nc1ccccc1NC(=O)/C=C/c1ccc(F)cc1. The second-order valence-corrected chi connectivity index (χ2v) is 4.80. The molecular formula is C18H14FN3O2. The van der Waals surface area contributed by atoms with Gasteiger partial charge in [0.2, 0.25) is 11.8 Å². The first-order valence-corrected chi connectivity index (χ1v) is 7.09. The Kier molecular flexibility index (Phi) is 5.81. The van der Waals surface area contributed by atoms with Gasteiger partial charge >= 0.3 is 0 Å². The number of benzene rings is 2. The van der Waals surface area contributed by atoms with Crippen LogP contribution in [0.2, 0.25) is 0 Å². The van der Waals surface area contributed by atoms with Crippen LogP contribution in [0, 0.1) is 17.1 Å². The molecule has 0 aliphatic heterocycles. The lowest BCUT2D eigenvalue weighted by atomic mass is 10.2. The van der Waals surface area contributed by atoms with Gasteiger partial charge in [0.25, 0.3) is 0 Å². The first-order chi connectivity index (χ1) is 11.6. The molecule has 0 fully saturated rings. The van der Waals surface area contributed by atoms with Crippen molar-refractivity contribution in [2.75, 3.05) is 10.6 Å². The molecule has 0 bridgehead atoms. The summed E-state index contributed by atoms with van der Waals surface area (Å²) >= 11 is 0. The van der Waals surface area contributed by atoms with Crippen molar-refractivity contribution in [3.05, 3.63) is 66.0 Å². The first kappa shape index (κ1) is 16.9. The monoisotopic (exact) mass is 323 g/mol. The number of rotatable bonds is 5. The Morgan fingerprint density at radius 3 is 2.29 bits per heavy atom. The zero-order chi connectivity index (χ0) is 17.4. The molecule has 0 heterocycles. The molecule has 0 saturated heterocycles. The quantitative estimate of drug-likeness (QED) is 0.828. The number of nitrogens with one attached hydrogen (secondary N) is 2. The third-order valence-corrected chi connectivity index (χ3v) is 3.00. The van der Waals surface area contributed by atoms with Crippen molar-refractivity contribution < 1.29 is 14.0 Å². The molecule has 0 atom stereocenters. The Labute approximate surface area is 138 Å². The Hall–Kier alpha value is -3.46. The molecule has 0 aliphatic carbocycles. The number of carbonyl (C=O) groups is 2. The molecule has 5 nitrogen and oxygen atoms in total. The van der Waals surface area contributed by atoms with Crippen LogP contribution >= 0.6 is 0 Å². The normalized spacial score (nSPS) is 10.2. The van der Waals surface area contributed by atoms with Gasteiger partial charge in [0.1, 0.15) is 12.2 Å². The van der Waals surface area contributed by atoms with E-state index in [1.54, 1.807) is 48.5 Å². The van der Waals surface area contributed by atoms with E-state index in [1.807, 2.05) is 0 Å². The van der Waals surface area contributed by atoms with Crippen molar-refractivity contribution in [2.45, 2.75) is 6.42 Å². The molecule has 24 heavy (non-hydrogen) atoms. The van der Waals surface area contributed by atoms with Crippen molar-refractivity contribution in [1.29, 1.82) is 5.26 Å². The topological polar surface area (TPSA) is 82.0 Å². The molecule has 120 valence electrons. The van der Waals surface area contributed by atoms with Gasteiger partial charge in [-0.1, -0.05) is 24.3 Å². The molecule has 2 rings (SSSR count). The molecule has 0 unspecified atom stereocenters. The summed E-state index contributed by atoms with van der Waals surface area (Å²) in [4.78, 5) is 23.5. The number of carbonyl (C=O) groups excluding carboxylic acids is 2. The van der Waals surface area contributed by atoms with Gasteiger partial charge < -0.3 is 10.6 Å². The highest BCUT2D eigenvalue weighted by Crippen LogP contribution is 2.21. The summed E-state index contributed by atoms with van der Waals surface area (Å²) in [5.74, 6) is -1.21. The lowest BCUT2D eigenvalue weighted by Gasteiger charge is -2.10. The highest BCUT2D eigenvalue weighted by Gasteiger charge is 2.07. The van der Waals surface area contributed by atoms with E-state index in [4.69, 9.17) is 5.26 Å². The van der Waals surface area contributed by atoms with Crippen molar-refractivity contribution in [3.63, 3.8) is 0 Å². The van der Waals surface area contributed by atoms with Crippen LogP contribution in [0.15, 0.2) is 54.6 Å². The lowest BCUT2D eigenvalue weighted by Crippen LogP contribution is -2.14. The highest BCUT2D eigenvalue weighted by atomic mass is 19.1. The molecule has 0 spiro atoms. The summed E-state index contributed by atoms with van der Waals surface area (Å²) in [6.45, 7) is 0. The van der Waals surface area contributed by atoms with E-state index < -0.39 is 11.8 Å². The van der Waals surface area contributed by atoms with Crippen molar-refractivity contribution in [1.82, 2.24) is 0 Å². The fourth-order valence-corrected chi connectivity index (χ4v) is 1.89. The third-order valence-electron chi connectivity index (χ3n) is 3.00. The predicted molar refractivity (Wildman–Crippen MR) is 89.4 cm³/mol. The van der Waals surface area contributed by atoms with E-state index in [1.165, 1.54) is 18.2 Å². The smallest absolute Gasteiger partial charge is 0.248 e. The van der Waals surface area contributed by atoms with Crippen LogP contribution in [-0.2, 0) is 9.59 Å². The van der Waals surface area contributed by atoms with E-state index in [2.05, 4.69) is 10.6 Å². The molecule has 0 saturated carbocycles. The Balaban J connectivity index is 2.05. The number of nitrogens with zero attached hydrogens (tertiary/aromatic N) is 1. The van der Waals surface area contributed by atoms with E-state index in [0.717, 1.165) is 0 Å². The van der Waals surface area contributed by atoms with Crippen LogP contribution in [-0.4, -0.2) is 11.8 Å². The van der Waals surface area contributed by atoms with E-state index in [9.17, 15) is 14.0 Å². The largest absolute Gasteiger partial charge is 0.323 e. The van der Waals surface area contributed by atoms with E-state index in [-0.39, 0.29) is 12.2 Å².